The second-order valence-corrected chi connectivity index (χ2v) is 11.9. The summed E-state index contributed by atoms with van der Waals surface area (Å²) in [4.78, 5) is 7.63. The molecule has 6 nitrogen and oxygen atoms in total. The number of hydrogen-bond acceptors (Lipinski definition) is 3. The second-order valence-electron chi connectivity index (χ2n) is 11.9. The SMILES string of the molecule is C=C(Cc1cc2ccccc2[nH]1)[C@]12CC#C[C@@H](NC(N)=NC)C[C@]3(O)CC[C@@H]([C@@H]3C1)[C@@]1(O)CC=C[C@@H]2C1. The number of hydrogen-bond donors (Lipinski definition) is 5. The predicted molar refractivity (Wildman–Crippen MR) is 148 cm³/mol. The summed E-state index contributed by atoms with van der Waals surface area (Å²) in [5.74, 6) is 7.34. The molecule has 0 saturated heterocycles. The molecule has 0 spiro atoms. The zero-order valence-corrected chi connectivity index (χ0v) is 21.6. The molecule has 0 amide bonds. The summed E-state index contributed by atoms with van der Waals surface area (Å²) in [7, 11) is 1.65. The van der Waals surface area contributed by atoms with E-state index in [0.29, 0.717) is 44.5 Å². The number of allylic oxidation sites excluding steroid dienone is 2. The molecule has 194 valence electrons. The van der Waals surface area contributed by atoms with Crippen LogP contribution in [0.15, 0.2) is 59.6 Å². The second kappa shape index (κ2) is 8.79. The van der Waals surface area contributed by atoms with Crippen LogP contribution in [0, 0.1) is 35.0 Å². The third-order valence-electron chi connectivity index (χ3n) is 9.96. The van der Waals surface area contributed by atoms with Gasteiger partial charge >= 0.3 is 0 Å². The molecule has 6 heteroatoms. The molecule has 0 unspecified atom stereocenters. The van der Waals surface area contributed by atoms with Gasteiger partial charge in [0.2, 0.25) is 0 Å². The number of aromatic amines is 1. The van der Waals surface area contributed by atoms with Crippen LogP contribution in [0.4, 0.5) is 0 Å². The lowest BCUT2D eigenvalue weighted by Crippen LogP contribution is -2.49. The molecule has 4 aliphatic rings. The quantitative estimate of drug-likeness (QED) is 0.191. The third-order valence-corrected chi connectivity index (χ3v) is 9.96. The van der Waals surface area contributed by atoms with Crippen molar-refractivity contribution in [1.29, 1.82) is 0 Å². The average molecular weight is 499 g/mol. The number of nitrogens with two attached hydrogens (primary N) is 1. The molecule has 1 aromatic carbocycles. The Morgan fingerprint density at radius 2 is 2.05 bits per heavy atom. The van der Waals surface area contributed by atoms with E-state index in [1.165, 1.54) is 5.39 Å². The van der Waals surface area contributed by atoms with Gasteiger partial charge in [-0.1, -0.05) is 48.4 Å². The lowest BCUT2D eigenvalue weighted by molar-refractivity contribution is -0.0763. The van der Waals surface area contributed by atoms with Crippen molar-refractivity contribution in [2.24, 2.45) is 33.9 Å². The predicted octanol–water partition coefficient (Wildman–Crippen LogP) is 3.81. The van der Waals surface area contributed by atoms with E-state index in [4.69, 9.17) is 12.3 Å². The minimum atomic E-state index is -0.935. The highest BCUT2D eigenvalue weighted by atomic mass is 16.3. The number of fused-ring (bicyclic) bond motifs is 6. The van der Waals surface area contributed by atoms with Crippen LogP contribution in [0.2, 0.25) is 0 Å². The fourth-order valence-electron chi connectivity index (χ4n) is 8.03. The number of guanidine groups is 1. The zero-order chi connectivity index (χ0) is 25.8. The molecule has 1 heterocycles. The van der Waals surface area contributed by atoms with Crippen LogP contribution >= 0.6 is 0 Å². The van der Waals surface area contributed by atoms with E-state index in [1.807, 2.05) is 6.07 Å². The van der Waals surface area contributed by atoms with Crippen molar-refractivity contribution in [2.45, 2.75) is 68.6 Å². The molecule has 6 rings (SSSR count). The van der Waals surface area contributed by atoms with Gasteiger partial charge in [-0.05, 0) is 67.4 Å². The van der Waals surface area contributed by atoms with Crippen LogP contribution in [-0.2, 0) is 6.42 Å². The molecule has 2 aromatic rings. The van der Waals surface area contributed by atoms with E-state index in [0.717, 1.165) is 29.6 Å². The van der Waals surface area contributed by atoms with E-state index in [2.05, 4.69) is 63.6 Å². The Hall–Kier alpha value is -3.01. The van der Waals surface area contributed by atoms with E-state index in [1.54, 1.807) is 7.05 Å². The zero-order valence-electron chi connectivity index (χ0n) is 21.6. The highest BCUT2D eigenvalue weighted by molar-refractivity contribution is 5.80. The number of nitrogens with one attached hydrogen (secondary N) is 2. The van der Waals surface area contributed by atoms with E-state index < -0.39 is 11.2 Å². The maximum Gasteiger partial charge on any atom is 0.189 e. The number of aromatic nitrogens is 1. The van der Waals surface area contributed by atoms with Crippen molar-refractivity contribution in [2.75, 3.05) is 7.05 Å². The van der Waals surface area contributed by atoms with Gasteiger partial charge in [0.05, 0.1) is 17.2 Å². The van der Waals surface area contributed by atoms with E-state index in [-0.39, 0.29) is 29.2 Å². The first-order valence-corrected chi connectivity index (χ1v) is 13.6. The van der Waals surface area contributed by atoms with Crippen LogP contribution in [0.1, 0.15) is 50.6 Å². The van der Waals surface area contributed by atoms with Crippen LogP contribution in [0.5, 0.6) is 0 Å². The van der Waals surface area contributed by atoms with Gasteiger partial charge in [0.15, 0.2) is 5.96 Å². The van der Waals surface area contributed by atoms with Gasteiger partial charge in [-0.3, -0.25) is 4.99 Å². The van der Waals surface area contributed by atoms with Gasteiger partial charge < -0.3 is 26.2 Å². The van der Waals surface area contributed by atoms with Crippen molar-refractivity contribution in [3.8, 4) is 11.8 Å². The minimum Gasteiger partial charge on any atom is -0.389 e. The largest absolute Gasteiger partial charge is 0.389 e. The van der Waals surface area contributed by atoms with Crippen molar-refractivity contribution in [3.63, 3.8) is 0 Å². The summed E-state index contributed by atoms with van der Waals surface area (Å²) in [6.07, 6.45) is 9.89. The van der Waals surface area contributed by atoms with Gasteiger partial charge in [-0.25, -0.2) is 0 Å². The highest BCUT2D eigenvalue weighted by Crippen LogP contribution is 2.63. The molecule has 4 bridgehead atoms. The molecule has 4 aliphatic carbocycles. The van der Waals surface area contributed by atoms with Gasteiger partial charge in [-0.15, -0.1) is 5.92 Å². The lowest BCUT2D eigenvalue weighted by atomic mass is 9.61. The topological polar surface area (TPSA) is 107 Å². The number of aliphatic hydroxyl groups is 2. The number of para-hydroxylation sites is 1. The summed E-state index contributed by atoms with van der Waals surface area (Å²) in [5, 5.41) is 28.6. The Labute approximate surface area is 219 Å². The molecule has 0 radical (unpaired) electrons. The Morgan fingerprint density at radius 1 is 1.22 bits per heavy atom. The molecule has 2 saturated carbocycles. The summed E-state index contributed by atoms with van der Waals surface area (Å²) in [5.41, 5.74) is 7.32. The third kappa shape index (κ3) is 4.00. The standard InChI is InChI=1S/C31H38N4O2/c1-20(15-24-16-21-7-3-4-10-27(21)34-24)29-12-6-9-23(35-28(32)33-2)18-31(37)14-11-25(26(31)19-29)30(36)13-5-8-22(29)17-30/h3-5,7-8,10,16,22-23,25-26,34,36-37H,1,11-15,17-19H2,2H3,(H3,32,33,35)/t22-,23-,25+,26+,29+,30-,31-/m1/s1. The smallest absolute Gasteiger partial charge is 0.189 e. The van der Waals surface area contributed by atoms with Crippen LogP contribution in [-0.4, -0.2) is 45.4 Å². The summed E-state index contributed by atoms with van der Waals surface area (Å²) < 4.78 is 0. The van der Waals surface area contributed by atoms with Crippen LogP contribution < -0.4 is 11.1 Å². The van der Waals surface area contributed by atoms with Crippen molar-refractivity contribution in [3.05, 3.63) is 60.3 Å². The molecule has 0 aliphatic heterocycles. The Balaban J connectivity index is 1.44. The van der Waals surface area contributed by atoms with Gasteiger partial charge in [-0.2, -0.15) is 0 Å². The summed E-state index contributed by atoms with van der Waals surface area (Å²) >= 11 is 0. The first-order chi connectivity index (χ1) is 17.7. The average Bonchev–Trinajstić information content (AvgIpc) is 3.41. The highest BCUT2D eigenvalue weighted by Gasteiger charge is 2.62. The molecule has 7 atom stereocenters. The van der Waals surface area contributed by atoms with E-state index in [9.17, 15) is 10.2 Å². The molecular weight excluding hydrogens is 460 g/mol. The van der Waals surface area contributed by atoms with Gasteiger partial charge in [0, 0.05) is 42.9 Å². The fourth-order valence-corrected chi connectivity index (χ4v) is 8.03. The number of nitrogens with zero attached hydrogens (tertiary/aromatic N) is 1. The molecule has 37 heavy (non-hydrogen) atoms. The molecule has 2 fully saturated rings. The maximum atomic E-state index is 12.2. The van der Waals surface area contributed by atoms with Gasteiger partial charge in [0.25, 0.3) is 0 Å². The monoisotopic (exact) mass is 498 g/mol. The number of H-pyrrole nitrogens is 1. The first-order valence-electron chi connectivity index (χ1n) is 13.6. The van der Waals surface area contributed by atoms with Crippen LogP contribution in [0.3, 0.4) is 0 Å². The molecular formula is C31H38N4O2. The Morgan fingerprint density at radius 3 is 2.86 bits per heavy atom. The minimum absolute atomic E-state index is 0.0450. The lowest BCUT2D eigenvalue weighted by Gasteiger charge is -2.44. The van der Waals surface area contributed by atoms with Crippen molar-refractivity contribution in [1.82, 2.24) is 10.3 Å². The van der Waals surface area contributed by atoms with Crippen molar-refractivity contribution >= 4 is 16.9 Å². The fraction of sp³-hybridized carbons (Fsp3) is 0.516. The maximum absolute atomic E-state index is 12.2. The number of rotatable bonds is 4. The molecule has 6 N–H and O–H groups in total. The van der Waals surface area contributed by atoms with Gasteiger partial charge in [0.1, 0.15) is 0 Å². The summed E-state index contributed by atoms with van der Waals surface area (Å²) in [6.45, 7) is 4.70. The Kier molecular flexibility index (Phi) is 5.78. The Bertz CT molecular complexity index is 1310. The van der Waals surface area contributed by atoms with Crippen LogP contribution in [0.25, 0.3) is 10.9 Å². The molecule has 1 aromatic heterocycles. The number of aliphatic imine (C=N–C) groups is 1. The normalized spacial score (nSPS) is 38.6. The summed E-state index contributed by atoms with van der Waals surface area (Å²) in [6, 6.07) is 10.2. The van der Waals surface area contributed by atoms with Crippen molar-refractivity contribution < 1.29 is 10.2 Å². The number of benzene rings is 1. The van der Waals surface area contributed by atoms with E-state index >= 15 is 0 Å². The first kappa shape index (κ1) is 24.3.